The molecule has 0 radical (unpaired) electrons. The fourth-order valence-electron chi connectivity index (χ4n) is 4.80. The van der Waals surface area contributed by atoms with Crippen LogP contribution in [0.5, 0.6) is 11.5 Å². The number of nitrogens with one attached hydrogen (secondary N) is 1. The molecule has 7 heteroatoms. The molecule has 0 spiro atoms. The van der Waals surface area contributed by atoms with Crippen molar-refractivity contribution in [2.45, 2.75) is 12.8 Å². The van der Waals surface area contributed by atoms with Gasteiger partial charge in [0.05, 0.1) is 29.4 Å². The Morgan fingerprint density at radius 2 is 1.58 bits per heavy atom. The molecule has 7 nitrogen and oxygen atoms in total. The summed E-state index contributed by atoms with van der Waals surface area (Å²) in [5.74, 6) is 0.915. The molecule has 0 saturated heterocycles. The molecule has 0 aromatic heterocycles. The lowest BCUT2D eigenvalue weighted by molar-refractivity contribution is -0.138. The van der Waals surface area contributed by atoms with Crippen LogP contribution in [0.1, 0.15) is 24.0 Å². The van der Waals surface area contributed by atoms with E-state index in [2.05, 4.69) is 11.9 Å². The zero-order chi connectivity index (χ0) is 26.8. The third-order valence-corrected chi connectivity index (χ3v) is 6.72. The second-order valence-electron chi connectivity index (χ2n) is 9.02. The van der Waals surface area contributed by atoms with Crippen molar-refractivity contribution < 1.29 is 19.1 Å². The zero-order valence-corrected chi connectivity index (χ0v) is 21.6. The summed E-state index contributed by atoms with van der Waals surface area (Å²) in [5, 5.41) is 3.39. The summed E-state index contributed by atoms with van der Waals surface area (Å²) in [6.45, 7) is 6.05. The van der Waals surface area contributed by atoms with E-state index in [1.54, 1.807) is 14.0 Å². The Kier molecular flexibility index (Phi) is 6.75. The van der Waals surface area contributed by atoms with Gasteiger partial charge in [-0.05, 0) is 42.3 Å². The number of rotatable bonds is 6. The Morgan fingerprint density at radius 3 is 2.26 bits per heavy atom. The van der Waals surface area contributed by atoms with E-state index in [9.17, 15) is 9.59 Å². The predicted octanol–water partition coefficient (Wildman–Crippen LogP) is 5.23. The number of ether oxygens (including phenoxy) is 2. The van der Waals surface area contributed by atoms with Crippen LogP contribution in [0, 0.1) is 0 Å². The van der Waals surface area contributed by atoms with E-state index in [1.807, 2.05) is 96.9 Å². The van der Waals surface area contributed by atoms with Crippen LogP contribution in [0.15, 0.2) is 114 Å². The number of benzene rings is 3. The number of esters is 1. The summed E-state index contributed by atoms with van der Waals surface area (Å²) in [5.41, 5.74) is 2.90. The fourth-order valence-corrected chi connectivity index (χ4v) is 4.80. The maximum atomic E-state index is 13.8. The Morgan fingerprint density at radius 1 is 0.921 bits per heavy atom. The molecule has 2 heterocycles. The molecule has 0 fully saturated rings. The van der Waals surface area contributed by atoms with Gasteiger partial charge in [0, 0.05) is 14.1 Å². The topological polar surface area (TPSA) is 71.1 Å². The highest BCUT2D eigenvalue weighted by atomic mass is 16.5. The van der Waals surface area contributed by atoms with Gasteiger partial charge < -0.3 is 19.7 Å². The SMILES string of the molecule is C=C1N(C)C(=O)C2=C(NC(c3ccccc3)=C(C(=O)OCC)C2c2cccc(Oc3ccccc3)c2)N1C. The first-order valence-corrected chi connectivity index (χ1v) is 12.4. The third-order valence-electron chi connectivity index (χ3n) is 6.72. The molecule has 5 rings (SSSR count). The quantitative estimate of drug-likeness (QED) is 0.461. The van der Waals surface area contributed by atoms with Crippen LogP contribution < -0.4 is 10.1 Å². The fraction of sp³-hybridized carbons (Fsp3) is 0.161. The molecule has 1 atom stereocenters. The van der Waals surface area contributed by atoms with Crippen molar-refractivity contribution in [2.75, 3.05) is 20.7 Å². The van der Waals surface area contributed by atoms with Gasteiger partial charge in [-0.3, -0.25) is 9.69 Å². The van der Waals surface area contributed by atoms with Gasteiger partial charge in [-0.1, -0.05) is 67.2 Å². The van der Waals surface area contributed by atoms with Gasteiger partial charge >= 0.3 is 5.97 Å². The van der Waals surface area contributed by atoms with Gasteiger partial charge in [0.1, 0.15) is 23.1 Å². The Balaban J connectivity index is 1.74. The molecule has 192 valence electrons. The summed E-state index contributed by atoms with van der Waals surface area (Å²) in [4.78, 5) is 30.7. The van der Waals surface area contributed by atoms with Gasteiger partial charge in [0.2, 0.25) is 0 Å². The molecule has 2 aliphatic rings. The van der Waals surface area contributed by atoms with Gasteiger partial charge in [-0.2, -0.15) is 0 Å². The summed E-state index contributed by atoms with van der Waals surface area (Å²) >= 11 is 0. The summed E-state index contributed by atoms with van der Waals surface area (Å²) in [7, 11) is 3.52. The molecule has 0 saturated carbocycles. The highest BCUT2D eigenvalue weighted by Crippen LogP contribution is 2.45. The maximum absolute atomic E-state index is 13.8. The molecule has 1 N–H and O–H groups in total. The minimum Gasteiger partial charge on any atom is -0.463 e. The van der Waals surface area contributed by atoms with E-state index in [1.165, 1.54) is 4.90 Å². The molecule has 0 aliphatic carbocycles. The molecule has 3 aromatic rings. The monoisotopic (exact) mass is 507 g/mol. The number of likely N-dealkylation sites (N-methyl/N-ethyl adjacent to an activating group) is 1. The van der Waals surface area contributed by atoms with Crippen LogP contribution in [-0.4, -0.2) is 42.4 Å². The molecule has 3 aromatic carbocycles. The largest absolute Gasteiger partial charge is 0.463 e. The highest BCUT2D eigenvalue weighted by Gasteiger charge is 2.44. The minimum atomic E-state index is -0.717. The molecule has 38 heavy (non-hydrogen) atoms. The van der Waals surface area contributed by atoms with E-state index >= 15 is 0 Å². The van der Waals surface area contributed by atoms with Gasteiger partial charge in [-0.25, -0.2) is 4.79 Å². The van der Waals surface area contributed by atoms with Gasteiger partial charge in [-0.15, -0.1) is 0 Å². The van der Waals surface area contributed by atoms with Crippen molar-refractivity contribution in [3.05, 3.63) is 125 Å². The van der Waals surface area contributed by atoms with Crippen molar-refractivity contribution in [2.24, 2.45) is 0 Å². The lowest BCUT2D eigenvalue weighted by Gasteiger charge is -2.43. The molecule has 1 unspecified atom stereocenters. The maximum Gasteiger partial charge on any atom is 0.337 e. The lowest BCUT2D eigenvalue weighted by atomic mass is 9.78. The number of hydrogen-bond donors (Lipinski definition) is 1. The van der Waals surface area contributed by atoms with Gasteiger partial charge in [0.25, 0.3) is 5.91 Å². The first kappa shape index (κ1) is 24.9. The molecular formula is C31H29N3O4. The lowest BCUT2D eigenvalue weighted by Crippen LogP contribution is -2.48. The van der Waals surface area contributed by atoms with Gasteiger partial charge in [0.15, 0.2) is 0 Å². The van der Waals surface area contributed by atoms with E-state index in [0.717, 1.165) is 11.1 Å². The number of carbonyl (C=O) groups is 2. The molecule has 2 aliphatic heterocycles. The summed E-state index contributed by atoms with van der Waals surface area (Å²) in [6, 6.07) is 26.5. The van der Waals surface area contributed by atoms with Crippen LogP contribution in [0.2, 0.25) is 0 Å². The zero-order valence-electron chi connectivity index (χ0n) is 21.6. The van der Waals surface area contributed by atoms with Crippen molar-refractivity contribution in [1.29, 1.82) is 0 Å². The van der Waals surface area contributed by atoms with E-state index in [-0.39, 0.29) is 12.5 Å². The van der Waals surface area contributed by atoms with E-state index < -0.39 is 11.9 Å². The number of carbonyl (C=O) groups excluding carboxylic acids is 2. The predicted molar refractivity (Wildman–Crippen MR) is 146 cm³/mol. The van der Waals surface area contributed by atoms with Crippen LogP contribution in [0.25, 0.3) is 5.70 Å². The van der Waals surface area contributed by atoms with Crippen molar-refractivity contribution in [1.82, 2.24) is 15.1 Å². The normalized spacial score (nSPS) is 17.3. The summed E-state index contributed by atoms with van der Waals surface area (Å²) < 4.78 is 11.7. The smallest absolute Gasteiger partial charge is 0.337 e. The first-order valence-electron chi connectivity index (χ1n) is 12.4. The molecular weight excluding hydrogens is 478 g/mol. The van der Waals surface area contributed by atoms with Crippen molar-refractivity contribution >= 4 is 17.6 Å². The van der Waals surface area contributed by atoms with Crippen LogP contribution >= 0.6 is 0 Å². The number of dihydropyridines is 1. The first-order chi connectivity index (χ1) is 18.4. The van der Waals surface area contributed by atoms with Crippen LogP contribution in [0.4, 0.5) is 0 Å². The van der Waals surface area contributed by atoms with Crippen LogP contribution in [0.3, 0.4) is 0 Å². The highest BCUT2D eigenvalue weighted by molar-refractivity contribution is 6.07. The molecule has 0 bridgehead atoms. The molecule has 1 amide bonds. The van der Waals surface area contributed by atoms with E-state index in [4.69, 9.17) is 9.47 Å². The minimum absolute atomic E-state index is 0.199. The Bertz CT molecular complexity index is 1460. The average Bonchev–Trinajstić information content (AvgIpc) is 2.95. The standard InChI is InChI=1S/C31H29N3O4/c1-5-37-31(36)26-25(22-15-12-18-24(19-22)38-23-16-10-7-11-17-23)27-29(33(3)20(2)34(4)30(27)35)32-28(26)21-13-8-6-9-14-21/h6-19,25,32H,2,5H2,1,3-4H3. The van der Waals surface area contributed by atoms with Crippen molar-refractivity contribution in [3.8, 4) is 11.5 Å². The number of amides is 1. The van der Waals surface area contributed by atoms with Crippen molar-refractivity contribution in [3.63, 3.8) is 0 Å². The number of hydrogen-bond acceptors (Lipinski definition) is 6. The summed E-state index contributed by atoms with van der Waals surface area (Å²) in [6.07, 6.45) is 0. The van der Waals surface area contributed by atoms with E-state index in [0.29, 0.717) is 40.0 Å². The second kappa shape index (κ2) is 10.3. The number of para-hydroxylation sites is 1. The second-order valence-corrected chi connectivity index (χ2v) is 9.02. The number of nitrogens with zero attached hydrogens (tertiary/aromatic N) is 2. The third kappa shape index (κ3) is 4.43. The average molecular weight is 508 g/mol. The van der Waals surface area contributed by atoms with Crippen LogP contribution in [-0.2, 0) is 14.3 Å². The Hall–Kier alpha value is -4.78. The Labute approximate surface area is 222 Å².